The SMILES string of the molecule is CN(c1ccc2c(c1)CCO2)C(C)(C)CN. The summed E-state index contributed by atoms with van der Waals surface area (Å²) in [6.45, 7) is 5.74. The van der Waals surface area contributed by atoms with Crippen LogP contribution in [-0.2, 0) is 6.42 Å². The van der Waals surface area contributed by atoms with Crippen LogP contribution in [-0.4, -0.2) is 25.7 Å². The summed E-state index contributed by atoms with van der Waals surface area (Å²) in [5, 5.41) is 0. The van der Waals surface area contributed by atoms with Gasteiger partial charge in [0.05, 0.1) is 6.61 Å². The number of hydrogen-bond acceptors (Lipinski definition) is 3. The third-order valence-electron chi connectivity index (χ3n) is 3.47. The fraction of sp³-hybridized carbons (Fsp3) is 0.538. The average molecular weight is 220 g/mol. The van der Waals surface area contributed by atoms with E-state index >= 15 is 0 Å². The fourth-order valence-corrected chi connectivity index (χ4v) is 1.87. The number of nitrogens with zero attached hydrogens (tertiary/aromatic N) is 1. The van der Waals surface area contributed by atoms with E-state index in [1.807, 2.05) is 0 Å². The van der Waals surface area contributed by atoms with E-state index in [1.165, 1.54) is 11.3 Å². The van der Waals surface area contributed by atoms with E-state index in [9.17, 15) is 0 Å². The van der Waals surface area contributed by atoms with Gasteiger partial charge < -0.3 is 15.4 Å². The van der Waals surface area contributed by atoms with Crippen LogP contribution in [0.5, 0.6) is 5.75 Å². The second kappa shape index (κ2) is 3.98. The summed E-state index contributed by atoms with van der Waals surface area (Å²) in [7, 11) is 2.09. The molecular formula is C13H20N2O. The predicted molar refractivity (Wildman–Crippen MR) is 67.2 cm³/mol. The molecule has 0 spiro atoms. The minimum Gasteiger partial charge on any atom is -0.493 e. The normalized spacial score (nSPS) is 14.5. The van der Waals surface area contributed by atoms with E-state index in [-0.39, 0.29) is 5.54 Å². The lowest BCUT2D eigenvalue weighted by Gasteiger charge is -2.36. The van der Waals surface area contributed by atoms with Crippen molar-refractivity contribution in [2.75, 3.05) is 25.1 Å². The van der Waals surface area contributed by atoms with Gasteiger partial charge in [-0.3, -0.25) is 0 Å². The number of nitrogens with two attached hydrogens (primary N) is 1. The molecule has 1 aliphatic rings. The number of likely N-dealkylation sites (N-methyl/N-ethyl adjacent to an activating group) is 1. The Bertz CT molecular complexity index is 388. The predicted octanol–water partition coefficient (Wildman–Crippen LogP) is 1.79. The number of fused-ring (bicyclic) bond motifs is 1. The van der Waals surface area contributed by atoms with Gasteiger partial charge in [0.15, 0.2) is 0 Å². The monoisotopic (exact) mass is 220 g/mol. The van der Waals surface area contributed by atoms with Gasteiger partial charge >= 0.3 is 0 Å². The molecule has 0 aromatic heterocycles. The highest BCUT2D eigenvalue weighted by Gasteiger charge is 2.23. The van der Waals surface area contributed by atoms with E-state index in [2.05, 4.69) is 44.0 Å². The third-order valence-corrected chi connectivity index (χ3v) is 3.47. The van der Waals surface area contributed by atoms with Crippen molar-refractivity contribution in [3.63, 3.8) is 0 Å². The second-order valence-electron chi connectivity index (χ2n) is 4.97. The lowest BCUT2D eigenvalue weighted by molar-refractivity contribution is 0.357. The van der Waals surface area contributed by atoms with Crippen LogP contribution in [0.15, 0.2) is 18.2 Å². The Hall–Kier alpha value is -1.22. The Balaban J connectivity index is 2.28. The standard InChI is InChI=1S/C13H20N2O/c1-13(2,9-14)15(3)11-4-5-12-10(8-11)6-7-16-12/h4-5,8H,6-7,9,14H2,1-3H3. The van der Waals surface area contributed by atoms with Crippen LogP contribution in [0, 0.1) is 0 Å². The quantitative estimate of drug-likeness (QED) is 0.844. The molecule has 1 aromatic rings. The van der Waals surface area contributed by atoms with Crippen LogP contribution in [0.2, 0.25) is 0 Å². The van der Waals surface area contributed by atoms with E-state index in [4.69, 9.17) is 10.5 Å². The Morgan fingerprint density at radius 2 is 2.19 bits per heavy atom. The molecule has 88 valence electrons. The first-order valence-electron chi connectivity index (χ1n) is 5.74. The molecule has 1 heterocycles. The number of anilines is 1. The average Bonchev–Trinajstić information content (AvgIpc) is 2.74. The van der Waals surface area contributed by atoms with Crippen molar-refractivity contribution >= 4 is 5.69 Å². The molecule has 1 aromatic carbocycles. The third kappa shape index (κ3) is 1.87. The van der Waals surface area contributed by atoms with Gasteiger partial charge in [0.2, 0.25) is 0 Å². The summed E-state index contributed by atoms with van der Waals surface area (Å²) in [5.74, 6) is 1.03. The van der Waals surface area contributed by atoms with Crippen LogP contribution >= 0.6 is 0 Å². The largest absolute Gasteiger partial charge is 0.493 e. The molecule has 2 rings (SSSR count). The van der Waals surface area contributed by atoms with Gasteiger partial charge in [0.25, 0.3) is 0 Å². The zero-order valence-corrected chi connectivity index (χ0v) is 10.3. The molecule has 0 saturated carbocycles. The molecule has 0 aliphatic carbocycles. The van der Waals surface area contributed by atoms with Crippen LogP contribution in [0.1, 0.15) is 19.4 Å². The smallest absolute Gasteiger partial charge is 0.122 e. The topological polar surface area (TPSA) is 38.5 Å². The fourth-order valence-electron chi connectivity index (χ4n) is 1.87. The summed E-state index contributed by atoms with van der Waals surface area (Å²) >= 11 is 0. The summed E-state index contributed by atoms with van der Waals surface area (Å²) in [4.78, 5) is 2.23. The number of benzene rings is 1. The first-order valence-corrected chi connectivity index (χ1v) is 5.74. The molecule has 0 unspecified atom stereocenters. The Morgan fingerprint density at radius 1 is 1.44 bits per heavy atom. The molecule has 0 radical (unpaired) electrons. The molecule has 3 heteroatoms. The first-order chi connectivity index (χ1) is 7.54. The molecule has 0 atom stereocenters. The van der Waals surface area contributed by atoms with Crippen LogP contribution in [0.25, 0.3) is 0 Å². The number of ether oxygens (including phenoxy) is 1. The van der Waals surface area contributed by atoms with Crippen LogP contribution in [0.3, 0.4) is 0 Å². The zero-order valence-electron chi connectivity index (χ0n) is 10.3. The number of hydrogen-bond donors (Lipinski definition) is 1. The van der Waals surface area contributed by atoms with Gasteiger partial charge in [-0.1, -0.05) is 0 Å². The van der Waals surface area contributed by atoms with E-state index in [0.29, 0.717) is 6.54 Å². The molecule has 0 saturated heterocycles. The summed E-state index contributed by atoms with van der Waals surface area (Å²) in [5.41, 5.74) is 8.28. The van der Waals surface area contributed by atoms with Gasteiger partial charge in [-0.2, -0.15) is 0 Å². The maximum absolute atomic E-state index is 5.79. The highest BCUT2D eigenvalue weighted by atomic mass is 16.5. The van der Waals surface area contributed by atoms with Crippen molar-refractivity contribution in [3.05, 3.63) is 23.8 Å². The van der Waals surface area contributed by atoms with Crippen molar-refractivity contribution in [1.82, 2.24) is 0 Å². The van der Waals surface area contributed by atoms with Crippen molar-refractivity contribution in [2.24, 2.45) is 5.73 Å². The lowest BCUT2D eigenvalue weighted by atomic mass is 10.0. The van der Waals surface area contributed by atoms with Gasteiger partial charge in [0.1, 0.15) is 5.75 Å². The highest BCUT2D eigenvalue weighted by Crippen LogP contribution is 2.31. The van der Waals surface area contributed by atoms with E-state index in [0.717, 1.165) is 18.8 Å². The van der Waals surface area contributed by atoms with Gasteiger partial charge in [-0.25, -0.2) is 0 Å². The van der Waals surface area contributed by atoms with Gasteiger partial charge in [-0.15, -0.1) is 0 Å². The van der Waals surface area contributed by atoms with Crippen molar-refractivity contribution in [3.8, 4) is 5.75 Å². The Morgan fingerprint density at radius 3 is 2.88 bits per heavy atom. The molecule has 16 heavy (non-hydrogen) atoms. The Kier molecular flexibility index (Phi) is 2.80. The highest BCUT2D eigenvalue weighted by molar-refractivity contribution is 5.55. The minimum atomic E-state index is -0.0201. The maximum atomic E-state index is 5.79. The Labute approximate surface area is 97.2 Å². The molecule has 2 N–H and O–H groups in total. The van der Waals surface area contributed by atoms with Crippen LogP contribution in [0.4, 0.5) is 5.69 Å². The van der Waals surface area contributed by atoms with E-state index in [1.54, 1.807) is 0 Å². The summed E-state index contributed by atoms with van der Waals surface area (Å²) in [6, 6.07) is 6.36. The van der Waals surface area contributed by atoms with E-state index < -0.39 is 0 Å². The van der Waals surface area contributed by atoms with Crippen molar-refractivity contribution in [1.29, 1.82) is 0 Å². The number of rotatable bonds is 3. The zero-order chi connectivity index (χ0) is 11.8. The lowest BCUT2D eigenvalue weighted by Crippen LogP contribution is -2.47. The second-order valence-corrected chi connectivity index (χ2v) is 4.97. The molecule has 1 aliphatic heterocycles. The molecule has 0 fully saturated rings. The van der Waals surface area contributed by atoms with Gasteiger partial charge in [-0.05, 0) is 37.6 Å². The molecular weight excluding hydrogens is 200 g/mol. The minimum absolute atomic E-state index is 0.0201. The van der Waals surface area contributed by atoms with Crippen LogP contribution < -0.4 is 15.4 Å². The van der Waals surface area contributed by atoms with Crippen molar-refractivity contribution < 1.29 is 4.74 Å². The maximum Gasteiger partial charge on any atom is 0.122 e. The molecule has 3 nitrogen and oxygen atoms in total. The first kappa shape index (κ1) is 11.3. The van der Waals surface area contributed by atoms with Crippen molar-refractivity contribution in [2.45, 2.75) is 25.8 Å². The summed E-state index contributed by atoms with van der Waals surface area (Å²) in [6.07, 6.45) is 1.01. The molecule has 0 amide bonds. The molecule has 0 bridgehead atoms. The van der Waals surface area contributed by atoms with Gasteiger partial charge in [0, 0.05) is 31.2 Å². The summed E-state index contributed by atoms with van der Waals surface area (Å²) < 4.78 is 5.50.